The van der Waals surface area contributed by atoms with Gasteiger partial charge in [-0.15, -0.1) is 0 Å². The number of methoxy groups -OCH3 is 1. The number of nitrogens with zero attached hydrogens (tertiary/aromatic N) is 2. The molecule has 1 N–H and O–H groups in total. The predicted octanol–water partition coefficient (Wildman–Crippen LogP) is -0.887. The van der Waals surface area contributed by atoms with Crippen LogP contribution in [0.5, 0.6) is 0 Å². The lowest BCUT2D eigenvalue weighted by Gasteiger charge is -2.25. The van der Waals surface area contributed by atoms with Crippen molar-refractivity contribution in [3.63, 3.8) is 0 Å². The van der Waals surface area contributed by atoms with Crippen LogP contribution in [0.25, 0.3) is 0 Å². The first-order chi connectivity index (χ1) is 7.02. The molecule has 0 bridgehead atoms. The van der Waals surface area contributed by atoms with E-state index in [0.29, 0.717) is 6.54 Å². The number of hydrogen-bond donors (Lipinski definition) is 1. The van der Waals surface area contributed by atoms with Crippen LogP contribution in [0.1, 0.15) is 0 Å². The molecule has 6 nitrogen and oxygen atoms in total. The Morgan fingerprint density at radius 1 is 1.60 bits per heavy atom. The van der Waals surface area contributed by atoms with Gasteiger partial charge in [-0.25, -0.2) is 4.79 Å². The minimum absolute atomic E-state index is 0.0795. The molecule has 1 aliphatic heterocycles. The van der Waals surface area contributed by atoms with Crippen LogP contribution in [0.3, 0.4) is 0 Å². The zero-order valence-corrected chi connectivity index (χ0v) is 9.48. The van der Waals surface area contributed by atoms with Gasteiger partial charge in [-0.3, -0.25) is 4.79 Å². The van der Waals surface area contributed by atoms with E-state index in [1.807, 2.05) is 0 Å². The van der Waals surface area contributed by atoms with E-state index < -0.39 is 6.04 Å². The summed E-state index contributed by atoms with van der Waals surface area (Å²) in [5.74, 6) is -0.350. The van der Waals surface area contributed by atoms with Crippen LogP contribution in [-0.2, 0) is 9.53 Å². The first kappa shape index (κ1) is 11.8. The third kappa shape index (κ3) is 2.04. The Morgan fingerprint density at radius 2 is 2.20 bits per heavy atom. The molecule has 86 valence electrons. The number of carbonyl (C=O) groups is 2. The number of ether oxygens (including phenoxy) is 1. The molecule has 1 aliphatic rings. The van der Waals surface area contributed by atoms with Crippen LogP contribution >= 0.6 is 0 Å². The molecule has 1 fully saturated rings. The lowest BCUT2D eigenvalue weighted by atomic mass is 10.1. The van der Waals surface area contributed by atoms with E-state index in [2.05, 4.69) is 10.1 Å². The van der Waals surface area contributed by atoms with Crippen molar-refractivity contribution in [3.8, 4) is 0 Å². The van der Waals surface area contributed by atoms with Crippen LogP contribution in [-0.4, -0.2) is 68.7 Å². The molecule has 0 spiro atoms. The van der Waals surface area contributed by atoms with Gasteiger partial charge in [-0.05, 0) is 7.05 Å². The van der Waals surface area contributed by atoms with E-state index >= 15 is 0 Å². The second-order valence-electron chi connectivity index (χ2n) is 3.63. The number of amides is 2. The molecule has 1 saturated heterocycles. The maximum atomic E-state index is 11.5. The summed E-state index contributed by atoms with van der Waals surface area (Å²) in [5.41, 5.74) is 0. The summed E-state index contributed by atoms with van der Waals surface area (Å²) in [6.45, 7) is 0.524. The Hall–Kier alpha value is -1.30. The van der Waals surface area contributed by atoms with Crippen molar-refractivity contribution in [1.82, 2.24) is 15.1 Å². The minimum atomic E-state index is -0.478. The third-order valence-corrected chi connectivity index (χ3v) is 2.74. The smallest absolute Gasteiger partial charge is 0.325 e. The highest BCUT2D eigenvalue weighted by atomic mass is 16.5. The zero-order valence-electron chi connectivity index (χ0n) is 9.48. The van der Waals surface area contributed by atoms with Gasteiger partial charge < -0.3 is 19.9 Å². The van der Waals surface area contributed by atoms with E-state index in [9.17, 15) is 9.59 Å². The van der Waals surface area contributed by atoms with Crippen molar-refractivity contribution in [3.05, 3.63) is 0 Å². The van der Waals surface area contributed by atoms with E-state index in [-0.39, 0.29) is 18.0 Å². The molecule has 0 radical (unpaired) electrons. The fourth-order valence-corrected chi connectivity index (χ4v) is 1.82. The SMILES string of the molecule is CNC(C(=O)OC)C1CN(C)C(=O)N1C. The van der Waals surface area contributed by atoms with Crippen LogP contribution in [0.2, 0.25) is 0 Å². The van der Waals surface area contributed by atoms with Crippen molar-refractivity contribution in [2.45, 2.75) is 12.1 Å². The Labute approximate surface area is 89.2 Å². The molecule has 2 amide bonds. The number of hydrogen-bond acceptors (Lipinski definition) is 4. The van der Waals surface area contributed by atoms with Crippen molar-refractivity contribution in [2.24, 2.45) is 0 Å². The number of esters is 1. The summed E-state index contributed by atoms with van der Waals surface area (Å²) >= 11 is 0. The number of urea groups is 1. The lowest BCUT2D eigenvalue weighted by molar-refractivity contribution is -0.144. The second kappa shape index (κ2) is 4.48. The summed E-state index contributed by atoms with van der Waals surface area (Å²) in [6, 6.07) is -0.738. The van der Waals surface area contributed by atoms with Crippen molar-refractivity contribution >= 4 is 12.0 Å². The second-order valence-corrected chi connectivity index (χ2v) is 3.63. The topological polar surface area (TPSA) is 61.9 Å². The maximum absolute atomic E-state index is 11.5. The Bertz CT molecular complexity index is 269. The molecular weight excluding hydrogens is 198 g/mol. The Kier molecular flexibility index (Phi) is 3.52. The standard InChI is InChI=1S/C9H17N3O3/c1-10-7(8(13)15-4)6-5-11(2)9(14)12(6)3/h6-7,10H,5H2,1-4H3. The first-order valence-electron chi connectivity index (χ1n) is 4.76. The van der Waals surface area contributed by atoms with Crippen LogP contribution in [0, 0.1) is 0 Å². The average molecular weight is 215 g/mol. The first-order valence-corrected chi connectivity index (χ1v) is 4.76. The normalized spacial score (nSPS) is 23.2. The van der Waals surface area contributed by atoms with Gasteiger partial charge in [0.25, 0.3) is 0 Å². The number of rotatable bonds is 3. The van der Waals surface area contributed by atoms with E-state index in [1.165, 1.54) is 7.11 Å². The van der Waals surface area contributed by atoms with Crippen molar-refractivity contribution in [2.75, 3.05) is 34.8 Å². The predicted molar refractivity (Wildman–Crippen MR) is 54.4 cm³/mol. The molecule has 2 unspecified atom stereocenters. The molecule has 0 aromatic heterocycles. The zero-order chi connectivity index (χ0) is 11.6. The summed E-state index contributed by atoms with van der Waals surface area (Å²) in [7, 11) is 6.41. The molecule has 6 heteroatoms. The van der Waals surface area contributed by atoms with E-state index in [0.717, 1.165) is 0 Å². The van der Waals surface area contributed by atoms with Gasteiger partial charge in [0, 0.05) is 20.6 Å². The quantitative estimate of drug-likeness (QED) is 0.621. The third-order valence-electron chi connectivity index (χ3n) is 2.74. The highest BCUT2D eigenvalue weighted by Gasteiger charge is 2.40. The molecule has 15 heavy (non-hydrogen) atoms. The Morgan fingerprint density at radius 3 is 2.53 bits per heavy atom. The number of nitrogens with one attached hydrogen (secondary N) is 1. The van der Waals surface area contributed by atoms with Gasteiger partial charge in [-0.2, -0.15) is 0 Å². The lowest BCUT2D eigenvalue weighted by Crippen LogP contribution is -2.51. The molecule has 0 aromatic carbocycles. The number of likely N-dealkylation sites (N-methyl/N-ethyl adjacent to an activating group) is 3. The summed E-state index contributed by atoms with van der Waals surface area (Å²) in [5, 5.41) is 2.87. The van der Waals surface area contributed by atoms with Crippen molar-refractivity contribution in [1.29, 1.82) is 0 Å². The number of carbonyl (C=O) groups excluding carboxylic acids is 2. The summed E-state index contributed by atoms with van der Waals surface area (Å²) < 4.78 is 4.68. The van der Waals surface area contributed by atoms with Crippen LogP contribution in [0.15, 0.2) is 0 Å². The van der Waals surface area contributed by atoms with Gasteiger partial charge in [-0.1, -0.05) is 0 Å². The summed E-state index contributed by atoms with van der Waals surface area (Å²) in [6.07, 6.45) is 0. The molecule has 0 aromatic rings. The van der Waals surface area contributed by atoms with E-state index in [4.69, 9.17) is 0 Å². The van der Waals surface area contributed by atoms with Gasteiger partial charge in [0.2, 0.25) is 0 Å². The van der Waals surface area contributed by atoms with Crippen molar-refractivity contribution < 1.29 is 14.3 Å². The van der Waals surface area contributed by atoms with Gasteiger partial charge >= 0.3 is 12.0 Å². The van der Waals surface area contributed by atoms with E-state index in [1.54, 1.807) is 30.9 Å². The molecule has 1 heterocycles. The fraction of sp³-hybridized carbons (Fsp3) is 0.778. The van der Waals surface area contributed by atoms with Crippen LogP contribution in [0.4, 0.5) is 4.79 Å². The van der Waals surface area contributed by atoms with Gasteiger partial charge in [0.15, 0.2) is 0 Å². The molecule has 0 aliphatic carbocycles. The molecule has 2 atom stereocenters. The largest absolute Gasteiger partial charge is 0.468 e. The van der Waals surface area contributed by atoms with Crippen LogP contribution < -0.4 is 5.32 Å². The molecular formula is C9H17N3O3. The average Bonchev–Trinajstić information content (AvgIpc) is 2.47. The summed E-state index contributed by atoms with van der Waals surface area (Å²) in [4.78, 5) is 26.1. The molecule has 0 saturated carbocycles. The Balaban J connectivity index is 2.78. The maximum Gasteiger partial charge on any atom is 0.325 e. The van der Waals surface area contributed by atoms with Gasteiger partial charge in [0.1, 0.15) is 6.04 Å². The fourth-order valence-electron chi connectivity index (χ4n) is 1.82. The highest BCUT2D eigenvalue weighted by molar-refractivity contribution is 5.81. The van der Waals surface area contributed by atoms with Gasteiger partial charge in [0.05, 0.1) is 13.2 Å². The highest BCUT2D eigenvalue weighted by Crippen LogP contribution is 2.15. The minimum Gasteiger partial charge on any atom is -0.468 e. The molecule has 1 rings (SSSR count). The monoisotopic (exact) mass is 215 g/mol.